The van der Waals surface area contributed by atoms with E-state index in [9.17, 15) is 4.79 Å². The fraction of sp³-hybridized carbons (Fsp3) is 0.0714. The quantitative estimate of drug-likeness (QED) is 0.407. The van der Waals surface area contributed by atoms with Crippen molar-refractivity contribution >= 4 is 66.9 Å². The zero-order valence-electron chi connectivity index (χ0n) is 9.91. The zero-order valence-corrected chi connectivity index (χ0v) is 15.8. The molecule has 0 unspecified atom stereocenters. The van der Waals surface area contributed by atoms with Gasteiger partial charge in [-0.15, -0.1) is 0 Å². The van der Waals surface area contributed by atoms with E-state index in [1.54, 1.807) is 7.11 Å². The van der Waals surface area contributed by atoms with Gasteiger partial charge >= 0.3 is 0 Å². The molecule has 0 radical (unpaired) electrons. The molecule has 0 aliphatic rings. The maximum Gasteiger partial charge on any atom is 0.197 e. The van der Waals surface area contributed by atoms with E-state index in [4.69, 9.17) is 4.74 Å². The maximum absolute atomic E-state index is 12.6. The average molecular weight is 543 g/mol. The minimum absolute atomic E-state index is 0.0268. The Morgan fingerprint density at radius 2 is 1.84 bits per heavy atom. The van der Waals surface area contributed by atoms with Crippen molar-refractivity contribution in [3.8, 4) is 5.75 Å². The Balaban J connectivity index is 2.55. The van der Waals surface area contributed by atoms with Crippen LogP contribution in [0, 0.1) is 7.14 Å². The van der Waals surface area contributed by atoms with Crippen LogP contribution in [0.25, 0.3) is 0 Å². The summed E-state index contributed by atoms with van der Waals surface area (Å²) in [5.74, 6) is 0.572. The van der Waals surface area contributed by atoms with Crippen LogP contribution in [0.2, 0.25) is 0 Å². The van der Waals surface area contributed by atoms with E-state index in [1.807, 2.05) is 36.4 Å². The van der Waals surface area contributed by atoms with Crippen molar-refractivity contribution in [2.24, 2.45) is 0 Å². The molecule has 0 saturated carbocycles. The highest BCUT2D eigenvalue weighted by Crippen LogP contribution is 2.27. The number of carbonyl (C=O) groups is 1. The molecule has 98 valence electrons. The van der Waals surface area contributed by atoms with Crippen LogP contribution in [-0.2, 0) is 0 Å². The number of carbonyl (C=O) groups excluding carboxylic acids is 1. The van der Waals surface area contributed by atoms with Gasteiger partial charge in [-0.2, -0.15) is 0 Å². The number of methoxy groups -OCH3 is 1. The summed E-state index contributed by atoms with van der Waals surface area (Å²) in [6.07, 6.45) is 0. The molecule has 0 heterocycles. The van der Waals surface area contributed by atoms with E-state index in [-0.39, 0.29) is 5.78 Å². The molecule has 0 saturated heterocycles. The highest BCUT2D eigenvalue weighted by atomic mass is 127. The van der Waals surface area contributed by atoms with Gasteiger partial charge in [0.05, 0.1) is 12.7 Å². The minimum atomic E-state index is -0.0268. The van der Waals surface area contributed by atoms with Crippen molar-refractivity contribution < 1.29 is 9.53 Å². The molecular formula is C14H9BrI2O2. The Hall–Kier alpha value is -0.150. The molecule has 0 spiro atoms. The first kappa shape index (κ1) is 15.2. The predicted octanol–water partition coefficient (Wildman–Crippen LogP) is 4.90. The molecule has 0 aromatic heterocycles. The highest BCUT2D eigenvalue weighted by Gasteiger charge is 2.17. The van der Waals surface area contributed by atoms with Gasteiger partial charge in [0.1, 0.15) is 5.75 Å². The predicted molar refractivity (Wildman–Crippen MR) is 96.0 cm³/mol. The Labute approximate surface area is 147 Å². The molecule has 0 fully saturated rings. The summed E-state index contributed by atoms with van der Waals surface area (Å²) in [4.78, 5) is 12.6. The SMILES string of the molecule is COc1ccc(I)cc1C(=O)c1cc(Br)ccc1I. The monoisotopic (exact) mass is 542 g/mol. The van der Waals surface area contributed by atoms with E-state index >= 15 is 0 Å². The molecule has 2 rings (SSSR count). The lowest BCUT2D eigenvalue weighted by Crippen LogP contribution is -2.06. The highest BCUT2D eigenvalue weighted by molar-refractivity contribution is 14.1. The van der Waals surface area contributed by atoms with Gasteiger partial charge in [0, 0.05) is 17.2 Å². The normalized spacial score (nSPS) is 10.3. The molecule has 2 aromatic rings. The van der Waals surface area contributed by atoms with Gasteiger partial charge in [0.15, 0.2) is 5.78 Å². The molecule has 0 atom stereocenters. The molecule has 0 N–H and O–H groups in total. The summed E-state index contributed by atoms with van der Waals surface area (Å²) in [5, 5.41) is 0. The van der Waals surface area contributed by atoms with Gasteiger partial charge in [-0.1, -0.05) is 15.9 Å². The minimum Gasteiger partial charge on any atom is -0.496 e. The summed E-state index contributed by atoms with van der Waals surface area (Å²) >= 11 is 7.75. The molecular weight excluding hydrogens is 534 g/mol. The van der Waals surface area contributed by atoms with Gasteiger partial charge in [0.25, 0.3) is 0 Å². The second-order valence-corrected chi connectivity index (χ2v) is 7.12. The molecule has 19 heavy (non-hydrogen) atoms. The summed E-state index contributed by atoms with van der Waals surface area (Å²) in [7, 11) is 1.57. The molecule has 0 aliphatic heterocycles. The third kappa shape index (κ3) is 3.49. The third-order valence-corrected chi connectivity index (χ3v) is 4.68. The second-order valence-electron chi connectivity index (χ2n) is 3.80. The largest absolute Gasteiger partial charge is 0.496 e. The van der Waals surface area contributed by atoms with E-state index in [0.717, 1.165) is 11.6 Å². The van der Waals surface area contributed by atoms with Crippen molar-refractivity contribution in [3.63, 3.8) is 0 Å². The van der Waals surface area contributed by atoms with Crippen molar-refractivity contribution in [3.05, 3.63) is 59.1 Å². The number of ketones is 1. The first-order valence-corrected chi connectivity index (χ1v) is 8.31. The third-order valence-electron chi connectivity index (χ3n) is 2.58. The van der Waals surface area contributed by atoms with E-state index < -0.39 is 0 Å². The van der Waals surface area contributed by atoms with Gasteiger partial charge in [-0.25, -0.2) is 0 Å². The number of hydrogen-bond donors (Lipinski definition) is 0. The lowest BCUT2D eigenvalue weighted by molar-refractivity contribution is 0.103. The second kappa shape index (κ2) is 6.53. The topological polar surface area (TPSA) is 26.3 Å². The van der Waals surface area contributed by atoms with Crippen LogP contribution >= 0.6 is 61.1 Å². The van der Waals surface area contributed by atoms with Gasteiger partial charge < -0.3 is 4.74 Å². The van der Waals surface area contributed by atoms with Crippen LogP contribution in [-0.4, -0.2) is 12.9 Å². The van der Waals surface area contributed by atoms with Gasteiger partial charge in [-0.3, -0.25) is 4.79 Å². The standard InChI is InChI=1S/C14H9BrI2O2/c1-19-13-5-3-9(16)7-11(13)14(18)10-6-8(15)2-4-12(10)17/h2-7H,1H3. The molecule has 0 aliphatic carbocycles. The molecule has 0 amide bonds. The van der Waals surface area contributed by atoms with Crippen molar-refractivity contribution in [1.82, 2.24) is 0 Å². The Morgan fingerprint density at radius 3 is 2.53 bits per heavy atom. The van der Waals surface area contributed by atoms with E-state index in [2.05, 4.69) is 61.1 Å². The zero-order chi connectivity index (χ0) is 14.0. The van der Waals surface area contributed by atoms with E-state index in [1.165, 1.54) is 0 Å². The van der Waals surface area contributed by atoms with Gasteiger partial charge in [0.2, 0.25) is 0 Å². The number of ether oxygens (including phenoxy) is 1. The maximum atomic E-state index is 12.6. The number of benzene rings is 2. The van der Waals surface area contributed by atoms with Crippen molar-refractivity contribution in [1.29, 1.82) is 0 Å². The van der Waals surface area contributed by atoms with Crippen molar-refractivity contribution in [2.45, 2.75) is 0 Å². The average Bonchev–Trinajstić information content (AvgIpc) is 2.40. The van der Waals surface area contributed by atoms with Crippen LogP contribution in [0.1, 0.15) is 15.9 Å². The molecule has 5 heteroatoms. The number of rotatable bonds is 3. The van der Waals surface area contributed by atoms with Crippen LogP contribution < -0.4 is 4.74 Å². The lowest BCUT2D eigenvalue weighted by atomic mass is 10.0. The Kier molecular flexibility index (Phi) is 5.24. The smallest absolute Gasteiger partial charge is 0.197 e. The van der Waals surface area contributed by atoms with E-state index in [0.29, 0.717) is 16.9 Å². The van der Waals surface area contributed by atoms with Crippen molar-refractivity contribution in [2.75, 3.05) is 7.11 Å². The fourth-order valence-corrected chi connectivity index (χ4v) is 3.11. The summed E-state index contributed by atoms with van der Waals surface area (Å²) in [5.41, 5.74) is 1.26. The Bertz CT molecular complexity index is 641. The first-order valence-electron chi connectivity index (χ1n) is 5.36. The lowest BCUT2D eigenvalue weighted by Gasteiger charge is -2.09. The van der Waals surface area contributed by atoms with Crippen LogP contribution in [0.3, 0.4) is 0 Å². The fourth-order valence-electron chi connectivity index (χ4n) is 1.67. The summed E-state index contributed by atoms with van der Waals surface area (Å²) in [6, 6.07) is 11.3. The van der Waals surface area contributed by atoms with Gasteiger partial charge in [-0.05, 0) is 81.6 Å². The molecule has 2 nitrogen and oxygen atoms in total. The first-order chi connectivity index (χ1) is 9.02. The Morgan fingerprint density at radius 1 is 1.11 bits per heavy atom. The number of halogens is 3. The van der Waals surface area contributed by atoms with Crippen LogP contribution in [0.15, 0.2) is 40.9 Å². The molecule has 0 bridgehead atoms. The van der Waals surface area contributed by atoms with Crippen LogP contribution in [0.4, 0.5) is 0 Å². The summed E-state index contributed by atoms with van der Waals surface area (Å²) in [6.45, 7) is 0. The molecule has 2 aromatic carbocycles. The number of hydrogen-bond acceptors (Lipinski definition) is 2. The van der Waals surface area contributed by atoms with Crippen LogP contribution in [0.5, 0.6) is 5.75 Å². The summed E-state index contributed by atoms with van der Waals surface area (Å²) < 4.78 is 8.09.